The van der Waals surface area contributed by atoms with Gasteiger partial charge in [0.1, 0.15) is 0 Å². The van der Waals surface area contributed by atoms with Crippen LogP contribution in [0.15, 0.2) is 0 Å². The molecule has 0 aromatic heterocycles. The molecule has 0 heterocycles. The summed E-state index contributed by atoms with van der Waals surface area (Å²) in [5.41, 5.74) is 5.55. The second kappa shape index (κ2) is 5.89. The zero-order chi connectivity index (χ0) is 10.4. The van der Waals surface area contributed by atoms with Gasteiger partial charge in [-0.1, -0.05) is 26.2 Å². The normalized spacial score (nSPS) is 18.1. The minimum atomic E-state index is 0.248. The van der Waals surface area contributed by atoms with Crippen molar-refractivity contribution in [2.45, 2.75) is 45.4 Å². The molecule has 3 N–H and O–H groups in total. The van der Waals surface area contributed by atoms with Crippen LogP contribution in [0.4, 0.5) is 0 Å². The smallest absolute Gasteiger partial charge is 0.188 e. The third-order valence-corrected chi connectivity index (χ3v) is 3.04. The van der Waals surface area contributed by atoms with Gasteiger partial charge in [-0.15, -0.1) is 0 Å². The van der Waals surface area contributed by atoms with Crippen molar-refractivity contribution in [3.05, 3.63) is 0 Å². The first-order chi connectivity index (χ1) is 6.74. The molecule has 1 rings (SSSR count). The standard InChI is InChI=1S/C11H23N3/c1-2-8-14(11(12)13)9-10-6-4-3-5-7-10/h10H,2-9H2,1H3,(H3,12,13). The van der Waals surface area contributed by atoms with Crippen molar-refractivity contribution in [2.24, 2.45) is 11.7 Å². The highest BCUT2D eigenvalue weighted by atomic mass is 15.2. The van der Waals surface area contributed by atoms with E-state index in [4.69, 9.17) is 11.1 Å². The molecule has 0 aromatic rings. The van der Waals surface area contributed by atoms with Gasteiger partial charge in [0.25, 0.3) is 0 Å². The van der Waals surface area contributed by atoms with Gasteiger partial charge in [0.05, 0.1) is 0 Å². The summed E-state index contributed by atoms with van der Waals surface area (Å²) in [7, 11) is 0. The lowest BCUT2D eigenvalue weighted by Gasteiger charge is -2.29. The molecule has 0 aromatic carbocycles. The molecular weight excluding hydrogens is 174 g/mol. The Bertz CT molecular complexity index is 173. The van der Waals surface area contributed by atoms with E-state index in [1.165, 1.54) is 32.1 Å². The highest BCUT2D eigenvalue weighted by Gasteiger charge is 2.17. The van der Waals surface area contributed by atoms with E-state index in [-0.39, 0.29) is 5.96 Å². The third kappa shape index (κ3) is 3.56. The SMILES string of the molecule is CCCN(CC1CCCCC1)C(=N)N. The van der Waals surface area contributed by atoms with Crippen LogP contribution >= 0.6 is 0 Å². The Kier molecular flexibility index (Phi) is 4.77. The molecule has 0 radical (unpaired) electrons. The number of guanidine groups is 1. The Labute approximate surface area is 87.2 Å². The van der Waals surface area contributed by atoms with E-state index in [2.05, 4.69) is 6.92 Å². The van der Waals surface area contributed by atoms with Gasteiger partial charge in [-0.2, -0.15) is 0 Å². The number of nitrogens with two attached hydrogens (primary N) is 1. The van der Waals surface area contributed by atoms with E-state index >= 15 is 0 Å². The van der Waals surface area contributed by atoms with Crippen molar-refractivity contribution in [3.63, 3.8) is 0 Å². The highest BCUT2D eigenvalue weighted by molar-refractivity contribution is 5.74. The summed E-state index contributed by atoms with van der Waals surface area (Å²) in [6.45, 7) is 4.08. The van der Waals surface area contributed by atoms with Gasteiger partial charge < -0.3 is 10.6 Å². The van der Waals surface area contributed by atoms with E-state index < -0.39 is 0 Å². The van der Waals surface area contributed by atoms with Crippen molar-refractivity contribution in [2.75, 3.05) is 13.1 Å². The van der Waals surface area contributed by atoms with Crippen molar-refractivity contribution >= 4 is 5.96 Å². The van der Waals surface area contributed by atoms with Gasteiger partial charge in [-0.3, -0.25) is 5.41 Å². The summed E-state index contributed by atoms with van der Waals surface area (Å²) < 4.78 is 0. The lowest BCUT2D eigenvalue weighted by molar-refractivity contribution is 0.271. The van der Waals surface area contributed by atoms with Crippen LogP contribution in [0, 0.1) is 11.3 Å². The van der Waals surface area contributed by atoms with Gasteiger partial charge in [0.2, 0.25) is 0 Å². The predicted molar refractivity (Wildman–Crippen MR) is 60.4 cm³/mol. The highest BCUT2D eigenvalue weighted by Crippen LogP contribution is 2.24. The lowest BCUT2D eigenvalue weighted by atomic mass is 9.89. The van der Waals surface area contributed by atoms with Gasteiger partial charge in [-0.05, 0) is 25.2 Å². The van der Waals surface area contributed by atoms with Crippen LogP contribution in [0.5, 0.6) is 0 Å². The minimum absolute atomic E-state index is 0.248. The molecule has 3 nitrogen and oxygen atoms in total. The third-order valence-electron chi connectivity index (χ3n) is 3.04. The molecule has 1 aliphatic carbocycles. The van der Waals surface area contributed by atoms with Crippen molar-refractivity contribution in [3.8, 4) is 0 Å². The number of hydrogen-bond acceptors (Lipinski definition) is 1. The maximum Gasteiger partial charge on any atom is 0.188 e. The Balaban J connectivity index is 2.33. The van der Waals surface area contributed by atoms with Gasteiger partial charge in [0.15, 0.2) is 5.96 Å². The molecule has 1 saturated carbocycles. The van der Waals surface area contributed by atoms with Gasteiger partial charge in [-0.25, -0.2) is 0 Å². The Morgan fingerprint density at radius 1 is 1.36 bits per heavy atom. The quantitative estimate of drug-likeness (QED) is 0.536. The molecule has 0 spiro atoms. The molecule has 0 atom stereocenters. The van der Waals surface area contributed by atoms with E-state index in [1.54, 1.807) is 0 Å². The predicted octanol–water partition coefficient (Wildman–Crippen LogP) is 2.17. The molecule has 82 valence electrons. The van der Waals surface area contributed by atoms with E-state index in [1.807, 2.05) is 4.90 Å². The van der Waals surface area contributed by atoms with E-state index in [0.29, 0.717) is 0 Å². The van der Waals surface area contributed by atoms with E-state index in [9.17, 15) is 0 Å². The Morgan fingerprint density at radius 2 is 2.00 bits per heavy atom. The second-order valence-electron chi connectivity index (χ2n) is 4.34. The summed E-state index contributed by atoms with van der Waals surface area (Å²) in [6.07, 6.45) is 7.85. The molecule has 0 amide bonds. The van der Waals surface area contributed by atoms with Crippen LogP contribution in [0.1, 0.15) is 45.4 Å². The lowest BCUT2D eigenvalue weighted by Crippen LogP contribution is -2.40. The average Bonchev–Trinajstić information content (AvgIpc) is 2.18. The van der Waals surface area contributed by atoms with Gasteiger partial charge >= 0.3 is 0 Å². The minimum Gasteiger partial charge on any atom is -0.370 e. The zero-order valence-corrected chi connectivity index (χ0v) is 9.26. The first kappa shape index (κ1) is 11.3. The van der Waals surface area contributed by atoms with Crippen LogP contribution in [0.2, 0.25) is 0 Å². The van der Waals surface area contributed by atoms with Crippen molar-refractivity contribution in [1.82, 2.24) is 4.90 Å². The molecule has 3 heteroatoms. The number of nitrogens with zero attached hydrogens (tertiary/aromatic N) is 1. The van der Waals surface area contributed by atoms with Crippen molar-refractivity contribution in [1.29, 1.82) is 5.41 Å². The fourth-order valence-corrected chi connectivity index (χ4v) is 2.26. The topological polar surface area (TPSA) is 53.1 Å². The van der Waals surface area contributed by atoms with Crippen LogP contribution < -0.4 is 5.73 Å². The van der Waals surface area contributed by atoms with Crippen LogP contribution in [-0.2, 0) is 0 Å². The van der Waals surface area contributed by atoms with E-state index in [0.717, 1.165) is 25.4 Å². The first-order valence-electron chi connectivity index (χ1n) is 5.83. The van der Waals surface area contributed by atoms with Gasteiger partial charge in [0, 0.05) is 13.1 Å². The summed E-state index contributed by atoms with van der Waals surface area (Å²) in [6, 6.07) is 0. The maximum atomic E-state index is 7.48. The Hall–Kier alpha value is -0.730. The largest absolute Gasteiger partial charge is 0.370 e. The fraction of sp³-hybridized carbons (Fsp3) is 0.909. The van der Waals surface area contributed by atoms with Crippen molar-refractivity contribution < 1.29 is 0 Å². The molecule has 0 saturated heterocycles. The molecule has 1 fully saturated rings. The summed E-state index contributed by atoms with van der Waals surface area (Å²) >= 11 is 0. The summed E-state index contributed by atoms with van der Waals surface area (Å²) in [5, 5.41) is 7.48. The molecule has 1 aliphatic rings. The fourth-order valence-electron chi connectivity index (χ4n) is 2.26. The second-order valence-corrected chi connectivity index (χ2v) is 4.34. The average molecular weight is 197 g/mol. The first-order valence-corrected chi connectivity index (χ1v) is 5.83. The molecular formula is C11H23N3. The van der Waals surface area contributed by atoms with Crippen LogP contribution in [0.3, 0.4) is 0 Å². The monoisotopic (exact) mass is 197 g/mol. The molecule has 0 aliphatic heterocycles. The molecule has 14 heavy (non-hydrogen) atoms. The van der Waals surface area contributed by atoms with Crippen LogP contribution in [0.25, 0.3) is 0 Å². The number of nitrogens with one attached hydrogen (secondary N) is 1. The molecule has 0 bridgehead atoms. The summed E-state index contributed by atoms with van der Waals surface area (Å²) in [5.74, 6) is 1.02. The Morgan fingerprint density at radius 3 is 2.50 bits per heavy atom. The summed E-state index contributed by atoms with van der Waals surface area (Å²) in [4.78, 5) is 2.02. The maximum absolute atomic E-state index is 7.48. The van der Waals surface area contributed by atoms with Crippen LogP contribution in [-0.4, -0.2) is 23.9 Å². The number of rotatable bonds is 4. The molecule has 0 unspecified atom stereocenters. The number of hydrogen-bond donors (Lipinski definition) is 2. The zero-order valence-electron chi connectivity index (χ0n) is 9.26.